The number of aliphatic imine (C=N–C) groups is 1. The number of carbonyl (C=O) groups excluding carboxylic acids is 2. The summed E-state index contributed by atoms with van der Waals surface area (Å²) in [6, 6.07) is 5.85. The van der Waals surface area contributed by atoms with E-state index in [4.69, 9.17) is 4.74 Å². The van der Waals surface area contributed by atoms with E-state index in [1.54, 1.807) is 0 Å². The molecule has 0 radical (unpaired) electrons. The van der Waals surface area contributed by atoms with E-state index in [9.17, 15) is 9.59 Å². The number of benzene rings is 1. The first kappa shape index (κ1) is 19.5. The van der Waals surface area contributed by atoms with Crippen LogP contribution in [0.1, 0.15) is 30.9 Å². The lowest BCUT2D eigenvalue weighted by Crippen LogP contribution is -2.28. The van der Waals surface area contributed by atoms with Gasteiger partial charge >= 0.3 is 0 Å². The third-order valence-corrected chi connectivity index (χ3v) is 4.83. The molecule has 2 rings (SSSR count). The van der Waals surface area contributed by atoms with Gasteiger partial charge in [0, 0.05) is 31.9 Å². The van der Waals surface area contributed by atoms with Crippen LogP contribution < -0.4 is 10.6 Å². The van der Waals surface area contributed by atoms with E-state index in [1.165, 1.54) is 11.8 Å². The number of ether oxygens (including phenoxy) is 1. The van der Waals surface area contributed by atoms with Gasteiger partial charge in [-0.25, -0.2) is 0 Å². The number of rotatable bonds is 8. The van der Waals surface area contributed by atoms with Gasteiger partial charge in [0.25, 0.3) is 0 Å². The smallest absolute Gasteiger partial charge is 0.240 e. The van der Waals surface area contributed by atoms with E-state index in [-0.39, 0.29) is 18.2 Å². The molecule has 2 N–H and O–H groups in total. The molecule has 0 spiro atoms. The number of nitrogens with zero attached hydrogens (tertiary/aromatic N) is 1. The molecule has 1 heterocycles. The van der Waals surface area contributed by atoms with E-state index in [0.29, 0.717) is 24.9 Å². The van der Waals surface area contributed by atoms with E-state index in [2.05, 4.69) is 15.6 Å². The van der Waals surface area contributed by atoms with Gasteiger partial charge in [-0.15, -0.1) is 0 Å². The second kappa shape index (κ2) is 9.58. The maximum Gasteiger partial charge on any atom is 0.240 e. The number of anilines is 1. The molecule has 0 unspecified atom stereocenters. The van der Waals surface area contributed by atoms with Gasteiger partial charge in [0.1, 0.15) is 5.25 Å². The third kappa shape index (κ3) is 6.17. The standard InChI is InChI=1S/C18H25N3O3S/c1-4-24-9-5-8-19-18-21-17(23)15(25-18)11-16(22)20-14-7-6-12(2)10-13(14)3/h6-7,10,15H,4-5,8-9,11H2,1-3H3,(H,20,22)(H,19,21,23)/t15-/m1/s1. The zero-order valence-electron chi connectivity index (χ0n) is 14.9. The van der Waals surface area contributed by atoms with Crippen LogP contribution in [0.3, 0.4) is 0 Å². The molecule has 7 heteroatoms. The molecule has 136 valence electrons. The van der Waals surface area contributed by atoms with E-state index in [1.807, 2.05) is 39.0 Å². The average molecular weight is 363 g/mol. The SMILES string of the molecule is CCOCCCN=C1NC(=O)[C@@H](CC(=O)Nc2ccc(C)cc2C)S1. The Morgan fingerprint density at radius 2 is 2.20 bits per heavy atom. The molecule has 0 aliphatic carbocycles. The molecule has 1 atom stereocenters. The van der Waals surface area contributed by atoms with Gasteiger partial charge in [-0.2, -0.15) is 0 Å². The predicted molar refractivity (Wildman–Crippen MR) is 102 cm³/mol. The predicted octanol–water partition coefficient (Wildman–Crippen LogP) is 2.65. The monoisotopic (exact) mass is 363 g/mol. The van der Waals surface area contributed by atoms with Crippen LogP contribution >= 0.6 is 11.8 Å². The highest BCUT2D eigenvalue weighted by Crippen LogP contribution is 2.23. The number of hydrogen-bond acceptors (Lipinski definition) is 5. The summed E-state index contributed by atoms with van der Waals surface area (Å²) < 4.78 is 5.25. The van der Waals surface area contributed by atoms with Gasteiger partial charge in [0.15, 0.2) is 5.17 Å². The van der Waals surface area contributed by atoms with Crippen LogP contribution in [0.2, 0.25) is 0 Å². The van der Waals surface area contributed by atoms with Crippen molar-refractivity contribution in [1.29, 1.82) is 0 Å². The number of amidine groups is 1. The Morgan fingerprint density at radius 1 is 1.40 bits per heavy atom. The summed E-state index contributed by atoms with van der Waals surface area (Å²) in [7, 11) is 0. The Balaban J connectivity index is 1.82. The quantitative estimate of drug-likeness (QED) is 0.696. The van der Waals surface area contributed by atoms with Crippen LogP contribution in [0.5, 0.6) is 0 Å². The topological polar surface area (TPSA) is 79.8 Å². The van der Waals surface area contributed by atoms with Gasteiger partial charge < -0.3 is 15.4 Å². The molecule has 1 fully saturated rings. The molecular weight excluding hydrogens is 338 g/mol. The van der Waals surface area contributed by atoms with E-state index >= 15 is 0 Å². The summed E-state index contributed by atoms with van der Waals surface area (Å²) in [5.41, 5.74) is 2.93. The van der Waals surface area contributed by atoms with Crippen LogP contribution in [0.15, 0.2) is 23.2 Å². The molecule has 25 heavy (non-hydrogen) atoms. The number of hydrogen-bond donors (Lipinski definition) is 2. The Morgan fingerprint density at radius 3 is 2.92 bits per heavy atom. The average Bonchev–Trinajstić information content (AvgIpc) is 2.90. The lowest BCUT2D eigenvalue weighted by atomic mass is 10.1. The lowest BCUT2D eigenvalue weighted by molar-refractivity contribution is -0.122. The number of amides is 2. The van der Waals surface area contributed by atoms with Crippen LogP contribution in [0.25, 0.3) is 0 Å². The summed E-state index contributed by atoms with van der Waals surface area (Å²) in [6.07, 6.45) is 0.938. The number of nitrogens with one attached hydrogen (secondary N) is 2. The molecular formula is C18H25N3O3S. The molecule has 0 bridgehead atoms. The molecule has 1 aromatic carbocycles. The zero-order valence-corrected chi connectivity index (χ0v) is 15.7. The van der Waals surface area contributed by atoms with Crippen molar-refractivity contribution in [2.75, 3.05) is 25.1 Å². The molecule has 1 aliphatic heterocycles. The first-order chi connectivity index (χ1) is 12.0. The normalized spacial score (nSPS) is 18.4. The third-order valence-electron chi connectivity index (χ3n) is 3.71. The van der Waals surface area contributed by atoms with Crippen molar-refractivity contribution in [2.45, 2.75) is 38.9 Å². The van der Waals surface area contributed by atoms with Gasteiger partial charge in [-0.3, -0.25) is 14.6 Å². The first-order valence-electron chi connectivity index (χ1n) is 8.46. The fourth-order valence-corrected chi connectivity index (χ4v) is 3.43. The summed E-state index contributed by atoms with van der Waals surface area (Å²) >= 11 is 1.32. The van der Waals surface area contributed by atoms with Crippen molar-refractivity contribution in [1.82, 2.24) is 5.32 Å². The summed E-state index contributed by atoms with van der Waals surface area (Å²) in [5.74, 6) is -0.332. The molecule has 1 aliphatic rings. The molecule has 0 saturated carbocycles. The lowest BCUT2D eigenvalue weighted by Gasteiger charge is -2.10. The van der Waals surface area contributed by atoms with Crippen molar-refractivity contribution in [3.8, 4) is 0 Å². The summed E-state index contributed by atoms with van der Waals surface area (Å²) in [6.45, 7) is 7.87. The van der Waals surface area contributed by atoms with Gasteiger partial charge in [-0.05, 0) is 38.8 Å². The maximum atomic E-state index is 12.2. The zero-order chi connectivity index (χ0) is 18.2. The minimum absolute atomic E-state index is 0.127. The maximum absolute atomic E-state index is 12.2. The first-order valence-corrected chi connectivity index (χ1v) is 9.34. The van der Waals surface area contributed by atoms with Crippen molar-refractivity contribution < 1.29 is 14.3 Å². The number of aryl methyl sites for hydroxylation is 2. The van der Waals surface area contributed by atoms with Crippen molar-refractivity contribution in [3.05, 3.63) is 29.3 Å². The molecule has 0 aromatic heterocycles. The van der Waals surface area contributed by atoms with Gasteiger partial charge in [0.2, 0.25) is 11.8 Å². The van der Waals surface area contributed by atoms with Crippen LogP contribution in [-0.4, -0.2) is 42.0 Å². The number of carbonyl (C=O) groups is 2. The minimum atomic E-state index is -0.434. The largest absolute Gasteiger partial charge is 0.382 e. The minimum Gasteiger partial charge on any atom is -0.382 e. The van der Waals surface area contributed by atoms with Crippen molar-refractivity contribution >= 4 is 34.4 Å². The molecule has 1 aromatic rings. The Labute approximate surface area is 152 Å². The van der Waals surface area contributed by atoms with E-state index in [0.717, 1.165) is 23.2 Å². The number of thioether (sulfide) groups is 1. The Hall–Kier alpha value is -1.86. The van der Waals surface area contributed by atoms with Crippen molar-refractivity contribution in [2.24, 2.45) is 4.99 Å². The van der Waals surface area contributed by atoms with Crippen LogP contribution in [-0.2, 0) is 14.3 Å². The highest BCUT2D eigenvalue weighted by atomic mass is 32.2. The second-order valence-electron chi connectivity index (χ2n) is 5.90. The van der Waals surface area contributed by atoms with E-state index < -0.39 is 5.25 Å². The molecule has 2 amide bonds. The van der Waals surface area contributed by atoms with Crippen LogP contribution in [0, 0.1) is 13.8 Å². The summed E-state index contributed by atoms with van der Waals surface area (Å²) in [4.78, 5) is 28.6. The van der Waals surface area contributed by atoms with Gasteiger partial charge in [0.05, 0.1) is 0 Å². The molecule has 1 saturated heterocycles. The van der Waals surface area contributed by atoms with Crippen molar-refractivity contribution in [3.63, 3.8) is 0 Å². The fourth-order valence-electron chi connectivity index (χ4n) is 2.43. The van der Waals surface area contributed by atoms with Crippen LogP contribution in [0.4, 0.5) is 5.69 Å². The summed E-state index contributed by atoms with van der Waals surface area (Å²) in [5, 5.41) is 5.77. The Bertz CT molecular complexity index is 661. The molecule has 6 nitrogen and oxygen atoms in total. The second-order valence-corrected chi connectivity index (χ2v) is 7.10. The van der Waals surface area contributed by atoms with Gasteiger partial charge in [-0.1, -0.05) is 29.5 Å². The highest BCUT2D eigenvalue weighted by molar-refractivity contribution is 8.15. The Kier molecular flexibility index (Phi) is 7.46. The highest BCUT2D eigenvalue weighted by Gasteiger charge is 2.31. The fraction of sp³-hybridized carbons (Fsp3) is 0.500.